The maximum absolute atomic E-state index is 12.9. The summed E-state index contributed by atoms with van der Waals surface area (Å²) in [7, 11) is 1.34. The molecule has 1 aromatic heterocycles. The number of nitro benzene ring substituents is 1. The Hall–Kier alpha value is -3.16. The van der Waals surface area contributed by atoms with E-state index in [1.165, 1.54) is 37.4 Å². The van der Waals surface area contributed by atoms with Crippen molar-refractivity contribution in [3.63, 3.8) is 0 Å². The van der Waals surface area contributed by atoms with Gasteiger partial charge >= 0.3 is 6.18 Å². The molecule has 0 aliphatic carbocycles. The Labute approximate surface area is 139 Å². The number of nitrogens with zero attached hydrogens (tertiary/aromatic N) is 2. The number of rotatable bonds is 3. The smallest absolute Gasteiger partial charge is 0.416 e. The Balaban J connectivity index is 2.27. The first-order valence-electron chi connectivity index (χ1n) is 7.11. The fraction of sp³-hybridized carbons (Fsp3) is 0.118. The van der Waals surface area contributed by atoms with Crippen LogP contribution in [-0.4, -0.2) is 17.0 Å². The van der Waals surface area contributed by atoms with Crippen molar-refractivity contribution in [2.24, 2.45) is 0 Å². The lowest BCUT2D eigenvalue weighted by atomic mass is 10.0. The van der Waals surface area contributed by atoms with Gasteiger partial charge in [-0.3, -0.25) is 10.1 Å². The number of methoxy groups -OCH3 is 1. The second-order valence-corrected chi connectivity index (χ2v) is 5.22. The van der Waals surface area contributed by atoms with Crippen LogP contribution in [0.2, 0.25) is 0 Å². The molecule has 8 heteroatoms. The second-order valence-electron chi connectivity index (χ2n) is 5.22. The van der Waals surface area contributed by atoms with Crippen molar-refractivity contribution >= 4 is 16.5 Å². The van der Waals surface area contributed by atoms with E-state index in [1.807, 2.05) is 0 Å². The van der Waals surface area contributed by atoms with Gasteiger partial charge in [-0.05, 0) is 24.3 Å². The summed E-state index contributed by atoms with van der Waals surface area (Å²) in [5.41, 5.74) is -0.655. The topological polar surface area (TPSA) is 65.3 Å². The average Bonchev–Trinajstić information content (AvgIpc) is 2.59. The summed E-state index contributed by atoms with van der Waals surface area (Å²) in [5.74, 6) is 0.105. The highest BCUT2D eigenvalue weighted by atomic mass is 19.4. The molecule has 0 atom stereocenters. The van der Waals surface area contributed by atoms with E-state index in [9.17, 15) is 23.3 Å². The minimum Gasteiger partial charge on any atom is -0.481 e. The monoisotopic (exact) mass is 348 g/mol. The molecule has 0 saturated carbocycles. The fourth-order valence-electron chi connectivity index (χ4n) is 2.55. The summed E-state index contributed by atoms with van der Waals surface area (Å²) in [6.45, 7) is 0. The molecule has 0 unspecified atom stereocenters. The molecule has 5 nitrogen and oxygen atoms in total. The summed E-state index contributed by atoms with van der Waals surface area (Å²) in [4.78, 5) is 14.9. The summed E-state index contributed by atoms with van der Waals surface area (Å²) in [6.07, 6.45) is -4.50. The molecule has 25 heavy (non-hydrogen) atoms. The van der Waals surface area contributed by atoms with Crippen LogP contribution in [0.1, 0.15) is 5.56 Å². The number of fused-ring (bicyclic) bond motifs is 1. The Kier molecular flexibility index (Phi) is 4.03. The number of benzene rings is 2. The Bertz CT molecular complexity index is 971. The van der Waals surface area contributed by atoms with Gasteiger partial charge in [0.25, 0.3) is 5.69 Å². The Morgan fingerprint density at radius 1 is 1.08 bits per heavy atom. The molecule has 0 radical (unpaired) electrons. The molecule has 0 amide bonds. The van der Waals surface area contributed by atoms with Gasteiger partial charge in [0.1, 0.15) is 0 Å². The number of hydrogen-bond acceptors (Lipinski definition) is 4. The first-order valence-corrected chi connectivity index (χ1v) is 7.11. The predicted octanol–water partition coefficient (Wildman–Crippen LogP) is 4.84. The van der Waals surface area contributed by atoms with Gasteiger partial charge in [-0.1, -0.05) is 18.2 Å². The van der Waals surface area contributed by atoms with E-state index in [0.29, 0.717) is 5.39 Å². The molecule has 0 spiro atoms. The molecule has 0 N–H and O–H groups in total. The summed E-state index contributed by atoms with van der Waals surface area (Å²) >= 11 is 0. The van der Waals surface area contributed by atoms with Gasteiger partial charge in [0, 0.05) is 11.6 Å². The first kappa shape index (κ1) is 16.7. The standard InChI is InChI=1S/C17H11F3N2O3/c1-25-16-12-6-3-7-15(22(23)24)13(12)9-14(21-16)10-4-2-5-11(8-10)17(18,19)20/h2-9H,1H3. The number of hydrogen-bond donors (Lipinski definition) is 0. The molecular weight excluding hydrogens is 337 g/mol. The zero-order chi connectivity index (χ0) is 18.2. The number of non-ortho nitro benzene ring substituents is 1. The van der Waals surface area contributed by atoms with E-state index in [4.69, 9.17) is 4.74 Å². The molecule has 3 rings (SSSR count). The summed E-state index contributed by atoms with van der Waals surface area (Å²) in [5, 5.41) is 11.9. The maximum atomic E-state index is 12.9. The van der Waals surface area contributed by atoms with Gasteiger partial charge in [-0.25, -0.2) is 4.98 Å². The zero-order valence-electron chi connectivity index (χ0n) is 12.9. The van der Waals surface area contributed by atoms with Gasteiger partial charge in [0.15, 0.2) is 0 Å². The van der Waals surface area contributed by atoms with Crippen molar-refractivity contribution in [1.29, 1.82) is 0 Å². The molecule has 1 heterocycles. The third-order valence-corrected chi connectivity index (χ3v) is 3.69. The highest BCUT2D eigenvalue weighted by Gasteiger charge is 2.30. The van der Waals surface area contributed by atoms with E-state index in [2.05, 4.69) is 4.98 Å². The van der Waals surface area contributed by atoms with Crippen LogP contribution in [-0.2, 0) is 6.18 Å². The highest BCUT2D eigenvalue weighted by Crippen LogP contribution is 2.36. The normalized spacial score (nSPS) is 11.5. The quantitative estimate of drug-likeness (QED) is 0.502. The van der Waals surface area contributed by atoms with Crippen molar-refractivity contribution in [2.45, 2.75) is 6.18 Å². The van der Waals surface area contributed by atoms with Crippen LogP contribution >= 0.6 is 0 Å². The lowest BCUT2D eigenvalue weighted by Crippen LogP contribution is -2.04. The summed E-state index contributed by atoms with van der Waals surface area (Å²) in [6, 6.07) is 10.4. The molecular formula is C17H11F3N2O3. The lowest BCUT2D eigenvalue weighted by molar-refractivity contribution is -0.383. The molecule has 0 bridgehead atoms. The molecule has 0 fully saturated rings. The molecule has 2 aromatic carbocycles. The van der Waals surface area contributed by atoms with Crippen LogP contribution < -0.4 is 4.74 Å². The third-order valence-electron chi connectivity index (χ3n) is 3.69. The molecule has 128 valence electrons. The molecule has 3 aromatic rings. The number of aromatic nitrogens is 1. The van der Waals surface area contributed by atoms with E-state index in [1.54, 1.807) is 6.07 Å². The number of nitro groups is 1. The average molecular weight is 348 g/mol. The Morgan fingerprint density at radius 3 is 2.44 bits per heavy atom. The number of ether oxygens (including phenoxy) is 1. The van der Waals surface area contributed by atoms with Gasteiger partial charge in [0.2, 0.25) is 5.88 Å². The SMILES string of the molecule is COc1nc(-c2cccc(C(F)(F)F)c2)cc2c([N+](=O)[O-])cccc12. The predicted molar refractivity (Wildman–Crippen MR) is 85.4 cm³/mol. The minimum absolute atomic E-state index is 0.105. The van der Waals surface area contributed by atoms with Crippen LogP contribution in [0.4, 0.5) is 18.9 Å². The van der Waals surface area contributed by atoms with Crippen molar-refractivity contribution in [2.75, 3.05) is 7.11 Å². The van der Waals surface area contributed by atoms with Crippen LogP contribution in [0, 0.1) is 10.1 Å². The number of halogens is 3. The highest BCUT2D eigenvalue weighted by molar-refractivity contribution is 5.96. The van der Waals surface area contributed by atoms with Crippen molar-refractivity contribution in [1.82, 2.24) is 4.98 Å². The van der Waals surface area contributed by atoms with Crippen molar-refractivity contribution < 1.29 is 22.8 Å². The van der Waals surface area contributed by atoms with Gasteiger partial charge < -0.3 is 4.74 Å². The number of alkyl halides is 3. The van der Waals surface area contributed by atoms with E-state index in [0.717, 1.165) is 12.1 Å². The van der Waals surface area contributed by atoms with E-state index >= 15 is 0 Å². The Morgan fingerprint density at radius 2 is 1.80 bits per heavy atom. The van der Waals surface area contributed by atoms with Crippen LogP contribution in [0.15, 0.2) is 48.5 Å². The third kappa shape index (κ3) is 3.10. The zero-order valence-corrected chi connectivity index (χ0v) is 12.9. The van der Waals surface area contributed by atoms with Crippen LogP contribution in [0.5, 0.6) is 5.88 Å². The van der Waals surface area contributed by atoms with Gasteiger partial charge in [0.05, 0.1) is 34.1 Å². The lowest BCUT2D eigenvalue weighted by Gasteiger charge is -2.11. The number of pyridine rings is 1. The second kappa shape index (κ2) is 6.04. The first-order chi connectivity index (χ1) is 11.8. The maximum Gasteiger partial charge on any atom is 0.416 e. The van der Waals surface area contributed by atoms with Gasteiger partial charge in [-0.15, -0.1) is 0 Å². The van der Waals surface area contributed by atoms with E-state index < -0.39 is 16.7 Å². The van der Waals surface area contributed by atoms with E-state index in [-0.39, 0.29) is 28.2 Å². The van der Waals surface area contributed by atoms with Crippen LogP contribution in [0.25, 0.3) is 22.0 Å². The van der Waals surface area contributed by atoms with Crippen LogP contribution in [0.3, 0.4) is 0 Å². The van der Waals surface area contributed by atoms with Crippen molar-refractivity contribution in [3.8, 4) is 17.1 Å². The fourth-order valence-corrected chi connectivity index (χ4v) is 2.55. The van der Waals surface area contributed by atoms with Gasteiger partial charge in [-0.2, -0.15) is 13.2 Å². The summed E-state index contributed by atoms with van der Waals surface area (Å²) < 4.78 is 43.9. The largest absolute Gasteiger partial charge is 0.481 e. The molecule has 0 aliphatic rings. The van der Waals surface area contributed by atoms with Crippen molar-refractivity contribution in [3.05, 3.63) is 64.2 Å². The molecule has 0 saturated heterocycles. The minimum atomic E-state index is -4.50. The molecule has 0 aliphatic heterocycles.